The van der Waals surface area contributed by atoms with E-state index in [0.717, 1.165) is 21.5 Å². The van der Waals surface area contributed by atoms with Crippen LogP contribution in [0.4, 0.5) is 11.5 Å². The summed E-state index contributed by atoms with van der Waals surface area (Å²) in [6, 6.07) is 17.2. The van der Waals surface area contributed by atoms with Gasteiger partial charge in [0, 0.05) is 16.3 Å². The van der Waals surface area contributed by atoms with Gasteiger partial charge < -0.3 is 21.7 Å². The fraction of sp³-hybridized carbons (Fsp3) is 0.0870. The van der Waals surface area contributed by atoms with E-state index in [4.69, 9.17) is 17.3 Å². The number of benzene rings is 2. The fourth-order valence-corrected chi connectivity index (χ4v) is 4.62. The van der Waals surface area contributed by atoms with Crippen molar-refractivity contribution in [3.05, 3.63) is 87.8 Å². The molecule has 1 aliphatic rings. The Kier molecular flexibility index (Phi) is 4.96. The molecule has 3 heterocycles. The van der Waals surface area contributed by atoms with Crippen LogP contribution in [0.3, 0.4) is 0 Å². The van der Waals surface area contributed by atoms with Gasteiger partial charge in [-0.1, -0.05) is 35.9 Å². The first-order valence-corrected chi connectivity index (χ1v) is 11.1. The third kappa shape index (κ3) is 3.74. The molecule has 0 aliphatic carbocycles. The normalized spacial score (nSPS) is 17.2. The average molecular weight is 463 g/mol. The highest BCUT2D eigenvalue weighted by molar-refractivity contribution is 7.17. The second kappa shape index (κ2) is 7.81. The lowest BCUT2D eigenvalue weighted by molar-refractivity contribution is 0.0952. The molecule has 0 bridgehead atoms. The van der Waals surface area contributed by atoms with E-state index in [1.54, 1.807) is 0 Å². The standard InChI is InChI=1S/C23H19ClN6OS/c1-23(29-15-8-6-14(24)7-9-15)16-5-3-2-4-13(16)12-18(30-23)27-22(31)21-26-17-10-11-32-19(17)20(25)28-21/h2-12,29-30H,1H3,(H,27,31)(H2,25,26,28). The Bertz CT molecular complexity index is 1370. The Morgan fingerprint density at radius 1 is 1.12 bits per heavy atom. The number of nitrogens with two attached hydrogens (primary N) is 1. The molecular formula is C23H19ClN6OS. The van der Waals surface area contributed by atoms with E-state index in [9.17, 15) is 4.79 Å². The van der Waals surface area contributed by atoms with E-state index in [2.05, 4.69) is 25.9 Å². The third-order valence-electron chi connectivity index (χ3n) is 5.20. The van der Waals surface area contributed by atoms with E-state index in [1.165, 1.54) is 11.3 Å². The van der Waals surface area contributed by atoms with Gasteiger partial charge in [-0.3, -0.25) is 4.79 Å². The molecule has 2 aromatic heterocycles. The van der Waals surface area contributed by atoms with Crippen molar-refractivity contribution < 1.29 is 4.79 Å². The molecule has 4 aromatic rings. The van der Waals surface area contributed by atoms with Crippen molar-refractivity contribution >= 4 is 56.6 Å². The number of amides is 1. The number of nitrogen functional groups attached to an aromatic ring is 1. The van der Waals surface area contributed by atoms with Gasteiger partial charge in [0.15, 0.2) is 0 Å². The summed E-state index contributed by atoms with van der Waals surface area (Å²) in [5.74, 6) is 0.379. The number of carbonyl (C=O) groups is 1. The maximum absolute atomic E-state index is 12.9. The zero-order chi connectivity index (χ0) is 22.3. The Labute approximate surface area is 193 Å². The van der Waals surface area contributed by atoms with Crippen LogP contribution in [-0.4, -0.2) is 15.9 Å². The van der Waals surface area contributed by atoms with Crippen molar-refractivity contribution in [2.75, 3.05) is 11.1 Å². The molecule has 160 valence electrons. The molecule has 1 atom stereocenters. The van der Waals surface area contributed by atoms with Crippen molar-refractivity contribution in [2.24, 2.45) is 0 Å². The number of hydrogen-bond acceptors (Lipinski definition) is 7. The quantitative estimate of drug-likeness (QED) is 0.355. The molecule has 7 nitrogen and oxygen atoms in total. The topological polar surface area (TPSA) is 105 Å². The number of nitrogens with one attached hydrogen (secondary N) is 3. The second-order valence-corrected chi connectivity index (χ2v) is 8.90. The first kappa shape index (κ1) is 20.3. The molecule has 0 radical (unpaired) electrons. The smallest absolute Gasteiger partial charge is 0.294 e. The largest absolute Gasteiger partial charge is 0.382 e. The van der Waals surface area contributed by atoms with Crippen LogP contribution in [0.2, 0.25) is 5.02 Å². The van der Waals surface area contributed by atoms with Crippen molar-refractivity contribution in [3.8, 4) is 0 Å². The number of carbonyl (C=O) groups excluding carboxylic acids is 1. The predicted octanol–water partition coefficient (Wildman–Crippen LogP) is 4.54. The van der Waals surface area contributed by atoms with Gasteiger partial charge in [0.1, 0.15) is 17.3 Å². The molecule has 1 aliphatic heterocycles. The van der Waals surface area contributed by atoms with Crippen molar-refractivity contribution in [1.29, 1.82) is 0 Å². The molecule has 1 unspecified atom stereocenters. The van der Waals surface area contributed by atoms with Crippen LogP contribution in [0.15, 0.2) is 65.8 Å². The Morgan fingerprint density at radius 2 is 1.91 bits per heavy atom. The number of rotatable bonds is 4. The zero-order valence-corrected chi connectivity index (χ0v) is 18.6. The number of nitrogens with zero attached hydrogens (tertiary/aromatic N) is 2. The van der Waals surface area contributed by atoms with Crippen molar-refractivity contribution in [2.45, 2.75) is 12.6 Å². The van der Waals surface area contributed by atoms with Crippen LogP contribution in [0.1, 0.15) is 28.7 Å². The van der Waals surface area contributed by atoms with E-state index in [0.29, 0.717) is 22.2 Å². The third-order valence-corrected chi connectivity index (χ3v) is 6.38. The summed E-state index contributed by atoms with van der Waals surface area (Å²) >= 11 is 7.47. The molecule has 5 rings (SSSR count). The average Bonchev–Trinajstić information content (AvgIpc) is 3.25. The van der Waals surface area contributed by atoms with Crippen LogP contribution < -0.4 is 21.7 Å². The molecule has 0 spiro atoms. The van der Waals surface area contributed by atoms with Gasteiger partial charge in [0.25, 0.3) is 5.91 Å². The molecule has 0 saturated carbocycles. The summed E-state index contributed by atoms with van der Waals surface area (Å²) in [7, 11) is 0. The number of hydrogen-bond donors (Lipinski definition) is 4. The Hall–Kier alpha value is -3.62. The number of halogens is 1. The minimum atomic E-state index is -0.695. The van der Waals surface area contributed by atoms with Gasteiger partial charge in [-0.15, -0.1) is 11.3 Å². The summed E-state index contributed by atoms with van der Waals surface area (Å²) in [5.41, 5.74) is 8.85. The number of thiophene rings is 1. The summed E-state index contributed by atoms with van der Waals surface area (Å²) < 4.78 is 0.769. The summed E-state index contributed by atoms with van der Waals surface area (Å²) in [5, 5.41) is 12.3. The molecule has 5 N–H and O–H groups in total. The fourth-order valence-electron chi connectivity index (χ4n) is 3.76. The van der Waals surface area contributed by atoms with Crippen LogP contribution >= 0.6 is 22.9 Å². The molecule has 9 heteroatoms. The van der Waals surface area contributed by atoms with Gasteiger partial charge in [0.2, 0.25) is 5.82 Å². The summed E-state index contributed by atoms with van der Waals surface area (Å²) in [6.07, 6.45) is 1.88. The van der Waals surface area contributed by atoms with Gasteiger partial charge in [-0.25, -0.2) is 9.97 Å². The zero-order valence-electron chi connectivity index (χ0n) is 17.0. The number of fused-ring (bicyclic) bond motifs is 2. The highest BCUT2D eigenvalue weighted by Gasteiger charge is 2.33. The Balaban J connectivity index is 1.45. The molecular weight excluding hydrogens is 444 g/mol. The highest BCUT2D eigenvalue weighted by atomic mass is 35.5. The molecule has 1 amide bonds. The molecule has 0 fully saturated rings. The minimum Gasteiger partial charge on any atom is -0.382 e. The highest BCUT2D eigenvalue weighted by Crippen LogP contribution is 2.32. The van der Waals surface area contributed by atoms with Gasteiger partial charge in [0.05, 0.1) is 10.2 Å². The molecule has 32 heavy (non-hydrogen) atoms. The van der Waals surface area contributed by atoms with Gasteiger partial charge in [-0.2, -0.15) is 0 Å². The lowest BCUT2D eigenvalue weighted by Crippen LogP contribution is -2.51. The van der Waals surface area contributed by atoms with E-state index in [1.807, 2.05) is 73.0 Å². The van der Waals surface area contributed by atoms with Crippen molar-refractivity contribution in [3.63, 3.8) is 0 Å². The Morgan fingerprint density at radius 3 is 2.72 bits per heavy atom. The van der Waals surface area contributed by atoms with Crippen LogP contribution in [0, 0.1) is 0 Å². The summed E-state index contributed by atoms with van der Waals surface area (Å²) in [6.45, 7) is 2.01. The van der Waals surface area contributed by atoms with Crippen LogP contribution in [-0.2, 0) is 5.66 Å². The number of anilines is 2. The maximum atomic E-state index is 12.9. The monoisotopic (exact) mass is 462 g/mol. The first-order valence-electron chi connectivity index (χ1n) is 9.86. The molecule has 2 aromatic carbocycles. The second-order valence-electron chi connectivity index (χ2n) is 7.55. The van der Waals surface area contributed by atoms with E-state index >= 15 is 0 Å². The lowest BCUT2D eigenvalue weighted by Gasteiger charge is -2.39. The number of aromatic nitrogens is 2. The minimum absolute atomic E-state index is 0.0160. The van der Waals surface area contributed by atoms with Gasteiger partial charge >= 0.3 is 0 Å². The maximum Gasteiger partial charge on any atom is 0.294 e. The van der Waals surface area contributed by atoms with Crippen LogP contribution in [0.25, 0.3) is 16.3 Å². The van der Waals surface area contributed by atoms with E-state index < -0.39 is 11.6 Å². The lowest BCUT2D eigenvalue weighted by atomic mass is 9.92. The predicted molar refractivity (Wildman–Crippen MR) is 129 cm³/mol. The summed E-state index contributed by atoms with van der Waals surface area (Å²) in [4.78, 5) is 21.5. The van der Waals surface area contributed by atoms with Crippen LogP contribution in [0.5, 0.6) is 0 Å². The SMILES string of the molecule is CC1(Nc2ccc(Cl)cc2)NC(NC(=O)c2nc(N)c3sccc3n2)=Cc2ccccc21. The molecule has 0 saturated heterocycles. The first-order chi connectivity index (χ1) is 15.4. The van der Waals surface area contributed by atoms with Crippen molar-refractivity contribution in [1.82, 2.24) is 20.6 Å². The van der Waals surface area contributed by atoms with Gasteiger partial charge in [-0.05, 0) is 54.3 Å². The van der Waals surface area contributed by atoms with E-state index in [-0.39, 0.29) is 5.82 Å².